The van der Waals surface area contributed by atoms with Crippen molar-refractivity contribution in [2.24, 2.45) is 16.8 Å². The molecule has 1 atom stereocenters. The zero-order valence-corrected chi connectivity index (χ0v) is 20.9. The Bertz CT molecular complexity index is 565. The molecule has 180 valence electrons. The molecule has 2 aliphatic heterocycles. The molecular weight excluding hydrogens is 390 g/mol. The lowest BCUT2D eigenvalue weighted by molar-refractivity contribution is 0.0163. The molecule has 2 saturated heterocycles. The summed E-state index contributed by atoms with van der Waals surface area (Å²) >= 11 is 0. The zero-order valence-electron chi connectivity index (χ0n) is 20.9. The second-order valence-electron chi connectivity index (χ2n) is 10.6. The maximum Gasteiger partial charge on any atom is 0.410 e. The second-order valence-corrected chi connectivity index (χ2v) is 10.6. The lowest BCUT2D eigenvalue weighted by Crippen LogP contribution is -2.49. The Morgan fingerprint density at radius 2 is 1.87 bits per heavy atom. The highest BCUT2D eigenvalue weighted by atomic mass is 16.6. The molecule has 7 nitrogen and oxygen atoms in total. The van der Waals surface area contributed by atoms with Crippen molar-refractivity contribution in [1.82, 2.24) is 20.4 Å². The van der Waals surface area contributed by atoms with Crippen molar-refractivity contribution in [2.75, 3.05) is 45.8 Å². The van der Waals surface area contributed by atoms with Crippen LogP contribution in [-0.2, 0) is 4.74 Å². The van der Waals surface area contributed by atoms with Crippen LogP contribution in [0, 0.1) is 11.8 Å². The minimum absolute atomic E-state index is 0.181. The molecule has 0 aromatic rings. The van der Waals surface area contributed by atoms with E-state index in [0.29, 0.717) is 12.0 Å². The number of hydrogen-bond donors (Lipinski definition) is 2. The number of guanidine groups is 1. The highest BCUT2D eigenvalue weighted by Crippen LogP contribution is 2.22. The molecule has 2 heterocycles. The van der Waals surface area contributed by atoms with E-state index in [1.54, 1.807) is 0 Å². The number of carbonyl (C=O) groups excluding carboxylic acids is 1. The first-order valence-corrected chi connectivity index (χ1v) is 12.4. The van der Waals surface area contributed by atoms with Crippen LogP contribution in [-0.4, -0.2) is 79.3 Å². The third-order valence-electron chi connectivity index (χ3n) is 5.87. The first-order valence-electron chi connectivity index (χ1n) is 12.4. The van der Waals surface area contributed by atoms with Gasteiger partial charge in [-0.1, -0.05) is 13.8 Å². The number of hydrogen-bond acceptors (Lipinski definition) is 4. The van der Waals surface area contributed by atoms with E-state index in [-0.39, 0.29) is 6.09 Å². The normalized spacial score (nSPS) is 22.0. The van der Waals surface area contributed by atoms with Crippen LogP contribution < -0.4 is 10.6 Å². The van der Waals surface area contributed by atoms with E-state index < -0.39 is 5.60 Å². The minimum Gasteiger partial charge on any atom is -0.444 e. The largest absolute Gasteiger partial charge is 0.444 e. The van der Waals surface area contributed by atoms with E-state index in [9.17, 15) is 4.79 Å². The maximum atomic E-state index is 12.4. The number of ether oxygens (including phenoxy) is 1. The summed E-state index contributed by atoms with van der Waals surface area (Å²) in [6, 6.07) is 0.499. The Labute approximate surface area is 190 Å². The topological polar surface area (TPSA) is 69.2 Å². The number of piperidine rings is 2. The lowest BCUT2D eigenvalue weighted by atomic mass is 9.95. The molecule has 0 aromatic heterocycles. The van der Waals surface area contributed by atoms with Crippen LogP contribution in [0.25, 0.3) is 0 Å². The molecule has 0 spiro atoms. The van der Waals surface area contributed by atoms with Crippen LogP contribution in [0.4, 0.5) is 4.79 Å². The SMILES string of the molecule is CCNC(=NCCC1CCCN(C(=O)OC(C)(C)C)C1)NC1CCN(CC(C)C)CC1. The van der Waals surface area contributed by atoms with Crippen molar-refractivity contribution in [3.8, 4) is 0 Å². The van der Waals surface area contributed by atoms with Crippen LogP contribution >= 0.6 is 0 Å². The molecule has 2 fully saturated rings. The van der Waals surface area contributed by atoms with Gasteiger partial charge in [0.05, 0.1) is 0 Å². The van der Waals surface area contributed by atoms with Crippen LogP contribution in [0.1, 0.15) is 73.6 Å². The fourth-order valence-electron chi connectivity index (χ4n) is 4.44. The van der Waals surface area contributed by atoms with Crippen molar-refractivity contribution >= 4 is 12.1 Å². The fraction of sp³-hybridized carbons (Fsp3) is 0.917. The molecule has 31 heavy (non-hydrogen) atoms. The first-order chi connectivity index (χ1) is 14.7. The molecule has 0 bridgehead atoms. The Morgan fingerprint density at radius 1 is 1.16 bits per heavy atom. The summed E-state index contributed by atoms with van der Waals surface area (Å²) < 4.78 is 5.55. The van der Waals surface area contributed by atoms with Gasteiger partial charge in [-0.25, -0.2) is 4.79 Å². The molecule has 0 saturated carbocycles. The molecule has 1 unspecified atom stereocenters. The monoisotopic (exact) mass is 437 g/mol. The van der Waals surface area contributed by atoms with Crippen LogP contribution in [0.2, 0.25) is 0 Å². The lowest BCUT2D eigenvalue weighted by Gasteiger charge is -2.34. The van der Waals surface area contributed by atoms with Gasteiger partial charge in [0.25, 0.3) is 0 Å². The van der Waals surface area contributed by atoms with Crippen molar-refractivity contribution in [3.63, 3.8) is 0 Å². The van der Waals surface area contributed by atoms with Gasteiger partial charge in [-0.2, -0.15) is 0 Å². The predicted molar refractivity (Wildman–Crippen MR) is 129 cm³/mol. The summed E-state index contributed by atoms with van der Waals surface area (Å²) in [7, 11) is 0. The number of nitrogens with zero attached hydrogens (tertiary/aromatic N) is 3. The number of likely N-dealkylation sites (tertiary alicyclic amines) is 2. The van der Waals surface area contributed by atoms with E-state index in [1.165, 1.54) is 19.4 Å². The van der Waals surface area contributed by atoms with Crippen molar-refractivity contribution < 1.29 is 9.53 Å². The smallest absolute Gasteiger partial charge is 0.410 e. The highest BCUT2D eigenvalue weighted by molar-refractivity contribution is 5.80. The molecule has 2 rings (SSSR count). The first kappa shape index (κ1) is 25.8. The van der Waals surface area contributed by atoms with Gasteiger partial charge in [0.15, 0.2) is 5.96 Å². The second kappa shape index (κ2) is 12.5. The molecule has 0 aromatic carbocycles. The predicted octanol–water partition coefficient (Wildman–Crippen LogP) is 3.70. The highest BCUT2D eigenvalue weighted by Gasteiger charge is 2.27. The standard InChI is InChI=1S/C24H47N5O2/c1-7-25-22(27-21-11-15-28(16-12-21)17-19(2)3)26-13-10-20-9-8-14-29(18-20)23(30)31-24(4,5)6/h19-21H,7-18H2,1-6H3,(H2,25,26,27). The molecule has 0 radical (unpaired) electrons. The Hall–Kier alpha value is -1.50. The molecular formula is C24H47N5O2. The summed E-state index contributed by atoms with van der Waals surface area (Å²) in [5.74, 6) is 2.16. The van der Waals surface area contributed by atoms with E-state index in [0.717, 1.165) is 70.4 Å². The third-order valence-corrected chi connectivity index (χ3v) is 5.87. The van der Waals surface area contributed by atoms with E-state index in [2.05, 4.69) is 36.3 Å². The average Bonchev–Trinajstić information content (AvgIpc) is 2.68. The minimum atomic E-state index is -0.439. The summed E-state index contributed by atoms with van der Waals surface area (Å²) in [6.07, 6.45) is 5.37. The summed E-state index contributed by atoms with van der Waals surface area (Å²) in [5.41, 5.74) is -0.439. The van der Waals surface area contributed by atoms with Crippen molar-refractivity contribution in [1.29, 1.82) is 0 Å². The number of amides is 1. The Balaban J connectivity index is 1.77. The van der Waals surface area contributed by atoms with Crippen molar-refractivity contribution in [3.05, 3.63) is 0 Å². The maximum absolute atomic E-state index is 12.4. The van der Waals surface area contributed by atoms with Crippen LogP contribution in [0.5, 0.6) is 0 Å². The number of aliphatic imine (C=N–C) groups is 1. The molecule has 7 heteroatoms. The molecule has 1 amide bonds. The average molecular weight is 438 g/mol. The molecule has 2 N–H and O–H groups in total. The van der Waals surface area contributed by atoms with Gasteiger partial charge in [0, 0.05) is 51.9 Å². The van der Waals surface area contributed by atoms with Gasteiger partial charge in [-0.15, -0.1) is 0 Å². The van der Waals surface area contributed by atoms with Gasteiger partial charge in [-0.05, 0) is 71.6 Å². The summed E-state index contributed by atoms with van der Waals surface area (Å²) in [6.45, 7) is 19.2. The van der Waals surface area contributed by atoms with Gasteiger partial charge in [-0.3, -0.25) is 4.99 Å². The molecule has 2 aliphatic rings. The zero-order chi connectivity index (χ0) is 22.9. The van der Waals surface area contributed by atoms with Crippen LogP contribution in [0.15, 0.2) is 4.99 Å². The van der Waals surface area contributed by atoms with Gasteiger partial charge in [0.1, 0.15) is 5.60 Å². The summed E-state index contributed by atoms with van der Waals surface area (Å²) in [5, 5.41) is 7.05. The van der Waals surface area contributed by atoms with E-state index in [4.69, 9.17) is 9.73 Å². The summed E-state index contributed by atoms with van der Waals surface area (Å²) in [4.78, 5) is 21.7. The van der Waals surface area contributed by atoms with E-state index in [1.807, 2.05) is 25.7 Å². The van der Waals surface area contributed by atoms with Gasteiger partial charge >= 0.3 is 6.09 Å². The fourth-order valence-corrected chi connectivity index (χ4v) is 4.44. The molecule has 0 aliphatic carbocycles. The van der Waals surface area contributed by atoms with Crippen LogP contribution in [0.3, 0.4) is 0 Å². The van der Waals surface area contributed by atoms with Crippen molar-refractivity contribution in [2.45, 2.75) is 85.3 Å². The van der Waals surface area contributed by atoms with Gasteiger partial charge < -0.3 is 25.2 Å². The number of nitrogens with one attached hydrogen (secondary N) is 2. The van der Waals surface area contributed by atoms with E-state index >= 15 is 0 Å². The third kappa shape index (κ3) is 10.1. The Kier molecular flexibility index (Phi) is 10.4. The number of rotatable bonds is 7. The Morgan fingerprint density at radius 3 is 2.48 bits per heavy atom. The number of carbonyl (C=O) groups is 1. The quantitative estimate of drug-likeness (QED) is 0.469. The van der Waals surface area contributed by atoms with Gasteiger partial charge in [0.2, 0.25) is 0 Å².